The zero-order valence-electron chi connectivity index (χ0n) is 8.98. The van der Waals surface area contributed by atoms with Crippen molar-refractivity contribution in [1.29, 1.82) is 0 Å². The smallest absolute Gasteiger partial charge is 0.305 e. The van der Waals surface area contributed by atoms with Crippen molar-refractivity contribution in [2.75, 3.05) is 6.61 Å². The summed E-state index contributed by atoms with van der Waals surface area (Å²) in [4.78, 5) is 20.4. The Kier molecular flexibility index (Phi) is 5.27. The molecule has 94 valence electrons. The van der Waals surface area contributed by atoms with Gasteiger partial charge in [0.25, 0.3) is 0 Å². The molecule has 7 nitrogen and oxygen atoms in total. The van der Waals surface area contributed by atoms with Crippen molar-refractivity contribution in [3.63, 3.8) is 0 Å². The van der Waals surface area contributed by atoms with Gasteiger partial charge in [-0.05, 0) is 6.92 Å². The maximum absolute atomic E-state index is 10.8. The molecular weight excluding hydrogens is 352 g/mol. The molecule has 0 fully saturated rings. The molecule has 16 heavy (non-hydrogen) atoms. The van der Waals surface area contributed by atoms with Crippen LogP contribution in [-0.2, 0) is 4.74 Å². The molecule has 3 atom stereocenters. The Morgan fingerprint density at radius 3 is 1.69 bits per heavy atom. The fourth-order valence-corrected chi connectivity index (χ4v) is 2.61. The second-order valence-electron chi connectivity index (χ2n) is 3.40. The minimum absolute atomic E-state index is 0.134. The van der Waals surface area contributed by atoms with Crippen LogP contribution in [0.1, 0.15) is 20.8 Å². The summed E-state index contributed by atoms with van der Waals surface area (Å²) in [5, 5.41) is 21.7. The molecule has 0 aromatic heterocycles. The number of hydrogen-bond donors (Lipinski definition) is 0. The molecular formula is C7H12Br2N2O5. The lowest BCUT2D eigenvalue weighted by Crippen LogP contribution is -2.56. The molecule has 0 saturated carbocycles. The van der Waals surface area contributed by atoms with Crippen molar-refractivity contribution in [2.45, 2.75) is 35.8 Å². The monoisotopic (exact) mass is 362 g/mol. The number of halogens is 2. The molecule has 0 spiro atoms. The number of nitro groups is 2. The van der Waals surface area contributed by atoms with Crippen LogP contribution in [0, 0.1) is 20.2 Å². The van der Waals surface area contributed by atoms with Crippen molar-refractivity contribution >= 4 is 31.9 Å². The van der Waals surface area contributed by atoms with E-state index in [1.54, 1.807) is 6.92 Å². The minimum Gasteiger partial charge on any atom is -0.363 e. The van der Waals surface area contributed by atoms with E-state index in [4.69, 9.17) is 4.74 Å². The molecule has 0 aromatic carbocycles. The Hall–Kier alpha value is -0.280. The Balaban J connectivity index is 5.31. The van der Waals surface area contributed by atoms with E-state index in [1.165, 1.54) is 13.8 Å². The molecule has 1 unspecified atom stereocenters. The highest BCUT2D eigenvalue weighted by Gasteiger charge is 2.60. The average molecular weight is 364 g/mol. The lowest BCUT2D eigenvalue weighted by Gasteiger charge is -2.29. The third-order valence-corrected chi connectivity index (χ3v) is 3.42. The van der Waals surface area contributed by atoms with Crippen molar-refractivity contribution in [3.05, 3.63) is 20.2 Å². The van der Waals surface area contributed by atoms with Gasteiger partial charge in [0.15, 0.2) is 0 Å². The van der Waals surface area contributed by atoms with Gasteiger partial charge in [0.05, 0.1) is 0 Å². The van der Waals surface area contributed by atoms with E-state index >= 15 is 0 Å². The SMILES string of the molecule is CCOC([C@](C)(Br)[N+](=O)[O-])[C@@](C)(Br)[N+](=O)[O-]. The van der Waals surface area contributed by atoms with Gasteiger partial charge < -0.3 is 4.74 Å². The van der Waals surface area contributed by atoms with Crippen molar-refractivity contribution < 1.29 is 14.6 Å². The highest BCUT2D eigenvalue weighted by Crippen LogP contribution is 2.37. The molecule has 0 N–H and O–H groups in total. The van der Waals surface area contributed by atoms with Gasteiger partial charge in [0, 0.05) is 62.2 Å². The van der Waals surface area contributed by atoms with E-state index in [-0.39, 0.29) is 6.61 Å². The molecule has 0 saturated heterocycles. The summed E-state index contributed by atoms with van der Waals surface area (Å²) in [6.07, 6.45) is -1.25. The number of ether oxygens (including phenoxy) is 1. The minimum atomic E-state index is -1.74. The summed E-state index contributed by atoms with van der Waals surface area (Å²) in [5.74, 6) is 0. The number of alkyl halides is 2. The summed E-state index contributed by atoms with van der Waals surface area (Å²) < 4.78 is 1.63. The van der Waals surface area contributed by atoms with Gasteiger partial charge >= 0.3 is 8.90 Å². The summed E-state index contributed by atoms with van der Waals surface area (Å²) in [7, 11) is 0. The first-order valence-electron chi connectivity index (χ1n) is 4.36. The van der Waals surface area contributed by atoms with Crippen LogP contribution in [0.2, 0.25) is 0 Å². The average Bonchev–Trinajstić information content (AvgIpc) is 2.12. The second-order valence-corrected chi connectivity index (χ2v) is 6.61. The Morgan fingerprint density at radius 2 is 1.50 bits per heavy atom. The van der Waals surface area contributed by atoms with Gasteiger partial charge in [-0.3, -0.25) is 20.2 Å². The van der Waals surface area contributed by atoms with E-state index in [2.05, 4.69) is 31.9 Å². The van der Waals surface area contributed by atoms with Gasteiger partial charge in [0.1, 0.15) is 0 Å². The van der Waals surface area contributed by atoms with E-state index in [0.717, 1.165) is 0 Å². The Morgan fingerprint density at radius 1 is 1.19 bits per heavy atom. The van der Waals surface area contributed by atoms with Gasteiger partial charge in [0.2, 0.25) is 6.10 Å². The van der Waals surface area contributed by atoms with E-state index < -0.39 is 24.8 Å². The number of hydrogen-bond acceptors (Lipinski definition) is 5. The predicted octanol–water partition coefficient (Wildman–Crippen LogP) is 2.17. The second kappa shape index (κ2) is 5.37. The fraction of sp³-hybridized carbons (Fsp3) is 1.00. The Bertz CT molecular complexity index is 269. The molecule has 0 rings (SSSR count). The standard InChI is InChI=1S/C7H12Br2N2O5/c1-4-16-5(6(2,8)10(12)13)7(3,9)11(14)15/h5H,4H2,1-3H3/t5?,6-,7+. The molecule has 9 heteroatoms. The van der Waals surface area contributed by atoms with Crippen molar-refractivity contribution in [3.8, 4) is 0 Å². The van der Waals surface area contributed by atoms with Crippen LogP contribution in [0.15, 0.2) is 0 Å². The molecule has 0 aliphatic carbocycles. The van der Waals surface area contributed by atoms with Gasteiger partial charge in [-0.25, -0.2) is 0 Å². The van der Waals surface area contributed by atoms with Crippen LogP contribution >= 0.6 is 31.9 Å². The first-order chi connectivity index (χ1) is 7.08. The van der Waals surface area contributed by atoms with Crippen molar-refractivity contribution in [2.24, 2.45) is 0 Å². The van der Waals surface area contributed by atoms with Crippen LogP contribution in [0.25, 0.3) is 0 Å². The molecule has 0 heterocycles. The molecule has 0 radical (unpaired) electrons. The van der Waals surface area contributed by atoms with Crippen molar-refractivity contribution in [1.82, 2.24) is 0 Å². The summed E-state index contributed by atoms with van der Waals surface area (Å²) in [5.41, 5.74) is 0. The first-order valence-corrected chi connectivity index (χ1v) is 5.95. The predicted molar refractivity (Wildman–Crippen MR) is 64.1 cm³/mol. The zero-order chi connectivity index (χ0) is 13.1. The molecule has 0 aromatic rings. The van der Waals surface area contributed by atoms with E-state index in [1.807, 2.05) is 0 Å². The number of nitrogens with zero attached hydrogens (tertiary/aromatic N) is 2. The van der Waals surface area contributed by atoms with Crippen LogP contribution in [0.3, 0.4) is 0 Å². The third kappa shape index (κ3) is 3.11. The molecule has 0 amide bonds. The molecule has 0 bridgehead atoms. The quantitative estimate of drug-likeness (QED) is 0.312. The lowest BCUT2D eigenvalue weighted by atomic mass is 10.1. The third-order valence-electron chi connectivity index (χ3n) is 2.00. The van der Waals surface area contributed by atoms with E-state index in [0.29, 0.717) is 0 Å². The largest absolute Gasteiger partial charge is 0.363 e. The lowest BCUT2D eigenvalue weighted by molar-refractivity contribution is -0.590. The molecule has 0 aliphatic heterocycles. The number of rotatable bonds is 6. The van der Waals surface area contributed by atoms with Crippen LogP contribution < -0.4 is 0 Å². The summed E-state index contributed by atoms with van der Waals surface area (Å²) in [6.45, 7) is 4.18. The summed E-state index contributed by atoms with van der Waals surface area (Å²) >= 11 is 5.72. The Labute approximate surface area is 109 Å². The van der Waals surface area contributed by atoms with Crippen LogP contribution in [0.4, 0.5) is 0 Å². The van der Waals surface area contributed by atoms with Crippen LogP contribution in [0.5, 0.6) is 0 Å². The van der Waals surface area contributed by atoms with Gasteiger partial charge in [-0.15, -0.1) is 0 Å². The molecule has 0 aliphatic rings. The van der Waals surface area contributed by atoms with E-state index in [9.17, 15) is 20.2 Å². The topological polar surface area (TPSA) is 95.5 Å². The zero-order valence-corrected chi connectivity index (χ0v) is 12.1. The van der Waals surface area contributed by atoms with Gasteiger partial charge in [-0.2, -0.15) is 0 Å². The summed E-state index contributed by atoms with van der Waals surface area (Å²) in [6, 6.07) is 0. The normalized spacial score (nSPS) is 20.6. The van der Waals surface area contributed by atoms with Gasteiger partial charge in [-0.1, -0.05) is 0 Å². The highest BCUT2D eigenvalue weighted by atomic mass is 79.9. The van der Waals surface area contributed by atoms with Crippen LogP contribution in [-0.4, -0.2) is 31.5 Å². The maximum atomic E-state index is 10.8. The maximum Gasteiger partial charge on any atom is 0.305 e. The fourth-order valence-electron chi connectivity index (χ4n) is 1.14. The first kappa shape index (κ1) is 15.7. The highest BCUT2D eigenvalue weighted by molar-refractivity contribution is 9.10.